The fraction of sp³-hybridized carbons (Fsp3) is 0.684. The van der Waals surface area contributed by atoms with Crippen LogP contribution in [0.1, 0.15) is 78.4 Å². The van der Waals surface area contributed by atoms with Gasteiger partial charge >= 0.3 is 0 Å². The summed E-state index contributed by atoms with van der Waals surface area (Å²) in [5.41, 5.74) is 2.70. The molecule has 2 aromatic rings. The molecule has 1 saturated carbocycles. The van der Waals surface area contributed by atoms with E-state index in [-0.39, 0.29) is 11.9 Å². The molecule has 0 N–H and O–H groups in total. The fourth-order valence-electron chi connectivity index (χ4n) is 4.34. The minimum absolute atomic E-state index is 0.0296. The molecular formula is C19H25N5O2. The molecule has 0 bridgehead atoms. The lowest BCUT2D eigenvalue weighted by Gasteiger charge is -2.24. The van der Waals surface area contributed by atoms with Gasteiger partial charge < -0.3 is 9.42 Å². The molecule has 1 amide bonds. The molecule has 7 heteroatoms. The molecule has 1 aliphatic heterocycles. The van der Waals surface area contributed by atoms with Gasteiger partial charge in [0.15, 0.2) is 5.69 Å². The summed E-state index contributed by atoms with van der Waals surface area (Å²) < 4.78 is 7.42. The van der Waals surface area contributed by atoms with Gasteiger partial charge in [0.25, 0.3) is 5.91 Å². The highest BCUT2D eigenvalue weighted by Crippen LogP contribution is 2.38. The molecule has 26 heavy (non-hydrogen) atoms. The monoisotopic (exact) mass is 355 g/mol. The summed E-state index contributed by atoms with van der Waals surface area (Å²) in [4.78, 5) is 15.1. The van der Waals surface area contributed by atoms with Gasteiger partial charge in [0.1, 0.15) is 5.76 Å². The van der Waals surface area contributed by atoms with Crippen LogP contribution in [-0.2, 0) is 19.4 Å². The zero-order valence-electron chi connectivity index (χ0n) is 15.1. The first-order valence-corrected chi connectivity index (χ1v) is 9.98. The average molecular weight is 355 g/mol. The van der Waals surface area contributed by atoms with Crippen molar-refractivity contribution in [2.24, 2.45) is 0 Å². The van der Waals surface area contributed by atoms with Crippen LogP contribution in [0.5, 0.6) is 0 Å². The summed E-state index contributed by atoms with van der Waals surface area (Å²) in [6.45, 7) is 1.50. The van der Waals surface area contributed by atoms with E-state index in [2.05, 4.69) is 21.7 Å². The molecule has 0 spiro atoms. The summed E-state index contributed by atoms with van der Waals surface area (Å²) in [5.74, 6) is 1.56. The Morgan fingerprint density at radius 1 is 1.15 bits per heavy atom. The summed E-state index contributed by atoms with van der Waals surface area (Å²) in [7, 11) is 0. The highest BCUT2D eigenvalue weighted by Gasteiger charge is 2.34. The zero-order chi connectivity index (χ0) is 17.5. The van der Waals surface area contributed by atoms with Gasteiger partial charge in [0.05, 0.1) is 18.3 Å². The molecule has 1 saturated heterocycles. The van der Waals surface area contributed by atoms with Crippen LogP contribution in [0.4, 0.5) is 0 Å². The van der Waals surface area contributed by atoms with Gasteiger partial charge in [-0.3, -0.25) is 9.48 Å². The van der Waals surface area contributed by atoms with E-state index in [1.165, 1.54) is 19.3 Å². The predicted octanol–water partition coefficient (Wildman–Crippen LogP) is 2.72. The normalized spacial score (nSPS) is 23.1. The molecular weight excluding hydrogens is 330 g/mol. The first kappa shape index (κ1) is 16.0. The molecule has 2 fully saturated rings. The van der Waals surface area contributed by atoms with Gasteiger partial charge in [-0.2, -0.15) is 0 Å². The van der Waals surface area contributed by atoms with Crippen molar-refractivity contribution in [1.29, 1.82) is 0 Å². The molecule has 2 aliphatic carbocycles. The number of aromatic nitrogens is 4. The molecule has 0 aromatic carbocycles. The number of hydrogen-bond donors (Lipinski definition) is 0. The van der Waals surface area contributed by atoms with E-state index in [4.69, 9.17) is 4.52 Å². The Hall–Kier alpha value is -2.18. The minimum atomic E-state index is 0.0296. The van der Waals surface area contributed by atoms with Crippen LogP contribution in [0.2, 0.25) is 0 Å². The van der Waals surface area contributed by atoms with Crippen LogP contribution < -0.4 is 0 Å². The molecule has 3 heterocycles. The summed E-state index contributed by atoms with van der Waals surface area (Å²) in [5, 5.41) is 12.7. The number of hydrogen-bond acceptors (Lipinski definition) is 5. The van der Waals surface area contributed by atoms with Crippen molar-refractivity contribution < 1.29 is 9.32 Å². The lowest BCUT2D eigenvalue weighted by Crippen LogP contribution is -2.38. The van der Waals surface area contributed by atoms with Crippen molar-refractivity contribution in [2.45, 2.75) is 76.3 Å². The van der Waals surface area contributed by atoms with E-state index < -0.39 is 0 Å². The molecule has 1 atom stereocenters. The lowest BCUT2D eigenvalue weighted by molar-refractivity contribution is 0.0709. The second-order valence-electron chi connectivity index (χ2n) is 7.93. The number of rotatable bonds is 4. The molecule has 3 aliphatic rings. The maximum absolute atomic E-state index is 13.2. The third-order valence-corrected chi connectivity index (χ3v) is 5.99. The number of fused-ring (bicyclic) bond motifs is 1. The molecule has 138 valence electrons. The van der Waals surface area contributed by atoms with E-state index in [0.717, 1.165) is 62.1 Å². The van der Waals surface area contributed by atoms with Crippen LogP contribution >= 0.6 is 0 Å². The number of likely N-dealkylation sites (tertiary alicyclic amines) is 1. The molecule has 0 radical (unpaired) electrons. The van der Waals surface area contributed by atoms with Crippen LogP contribution in [0.15, 0.2) is 10.7 Å². The van der Waals surface area contributed by atoms with Crippen molar-refractivity contribution in [1.82, 2.24) is 25.1 Å². The van der Waals surface area contributed by atoms with E-state index >= 15 is 0 Å². The maximum Gasteiger partial charge on any atom is 0.276 e. The quantitative estimate of drug-likeness (QED) is 0.788. The molecule has 2 aromatic heterocycles. The first-order valence-electron chi connectivity index (χ1n) is 9.98. The second-order valence-corrected chi connectivity index (χ2v) is 7.93. The van der Waals surface area contributed by atoms with Gasteiger partial charge in [-0.25, -0.2) is 0 Å². The van der Waals surface area contributed by atoms with Crippen molar-refractivity contribution >= 4 is 5.91 Å². The highest BCUT2D eigenvalue weighted by atomic mass is 16.5. The first-order chi connectivity index (χ1) is 12.8. The van der Waals surface area contributed by atoms with Crippen molar-refractivity contribution in [3.05, 3.63) is 28.9 Å². The largest absolute Gasteiger partial charge is 0.360 e. The number of carbonyl (C=O) groups excluding carboxylic acids is 1. The van der Waals surface area contributed by atoms with Crippen LogP contribution in [-0.4, -0.2) is 43.5 Å². The van der Waals surface area contributed by atoms with Crippen LogP contribution in [0.25, 0.3) is 0 Å². The number of nitrogens with zero attached hydrogens (tertiary/aromatic N) is 5. The van der Waals surface area contributed by atoms with Crippen molar-refractivity contribution in [3.8, 4) is 0 Å². The van der Waals surface area contributed by atoms with Gasteiger partial charge in [-0.05, 0) is 44.9 Å². The number of aryl methyl sites for hydroxylation is 1. The Morgan fingerprint density at radius 3 is 2.92 bits per heavy atom. The van der Waals surface area contributed by atoms with Crippen LogP contribution in [0.3, 0.4) is 0 Å². The fourth-order valence-corrected chi connectivity index (χ4v) is 4.34. The molecule has 0 unspecified atom stereocenters. The zero-order valence-corrected chi connectivity index (χ0v) is 15.1. The molecule has 5 rings (SSSR count). The van der Waals surface area contributed by atoms with E-state index in [0.29, 0.717) is 18.2 Å². The smallest absolute Gasteiger partial charge is 0.276 e. The van der Waals surface area contributed by atoms with Gasteiger partial charge in [-0.1, -0.05) is 16.8 Å². The SMILES string of the molecule is O=C(c1noc2c1CCCCC2)N1CCC[C@H]1Cn1cc(C2CC2)nn1. The Bertz CT molecular complexity index is 807. The third kappa shape index (κ3) is 2.93. The number of carbonyl (C=O) groups is 1. The van der Waals surface area contributed by atoms with Crippen molar-refractivity contribution in [3.63, 3.8) is 0 Å². The summed E-state index contributed by atoms with van der Waals surface area (Å²) in [6, 6.07) is 0.161. The van der Waals surface area contributed by atoms with E-state index in [9.17, 15) is 4.79 Å². The maximum atomic E-state index is 13.2. The standard InChI is InChI=1S/C19H25N5O2/c25-19(18-15-6-2-1-3-7-17(15)26-21-18)24-10-4-5-14(24)11-23-12-16(20-22-23)13-8-9-13/h12-14H,1-11H2/t14-/m0/s1. The molecule has 7 nitrogen and oxygen atoms in total. The lowest BCUT2D eigenvalue weighted by atomic mass is 10.1. The van der Waals surface area contributed by atoms with E-state index in [1.807, 2.05) is 9.58 Å². The van der Waals surface area contributed by atoms with Gasteiger partial charge in [0.2, 0.25) is 0 Å². The number of amides is 1. The minimum Gasteiger partial charge on any atom is -0.360 e. The second kappa shape index (κ2) is 6.52. The Labute approximate surface area is 152 Å². The van der Waals surface area contributed by atoms with Gasteiger partial charge in [0, 0.05) is 30.6 Å². The van der Waals surface area contributed by atoms with E-state index in [1.54, 1.807) is 0 Å². The topological polar surface area (TPSA) is 77.0 Å². The van der Waals surface area contributed by atoms with Crippen molar-refractivity contribution in [2.75, 3.05) is 6.54 Å². The predicted molar refractivity (Wildman–Crippen MR) is 93.8 cm³/mol. The summed E-state index contributed by atoms with van der Waals surface area (Å²) >= 11 is 0. The summed E-state index contributed by atoms with van der Waals surface area (Å²) in [6.07, 6.45) is 11.8. The third-order valence-electron chi connectivity index (χ3n) is 5.99. The highest BCUT2D eigenvalue weighted by molar-refractivity contribution is 5.94. The Balaban J connectivity index is 1.33. The Morgan fingerprint density at radius 2 is 2.04 bits per heavy atom. The average Bonchev–Trinajstić information content (AvgIpc) is 3.11. The Kier molecular flexibility index (Phi) is 4.02. The van der Waals surface area contributed by atoms with Gasteiger partial charge in [-0.15, -0.1) is 5.10 Å². The van der Waals surface area contributed by atoms with Crippen LogP contribution in [0, 0.1) is 0 Å².